The molecular weight excluding hydrogens is 278 g/mol. The lowest BCUT2D eigenvalue weighted by molar-refractivity contribution is 0.391. The quantitative estimate of drug-likeness (QED) is 0.913. The Hall–Kier alpha value is -2.68. The van der Waals surface area contributed by atoms with Crippen molar-refractivity contribution in [2.75, 3.05) is 12.4 Å². The molecule has 0 radical (unpaired) electrons. The van der Waals surface area contributed by atoms with Crippen LogP contribution in [0.5, 0.6) is 5.88 Å². The average molecular weight is 297 g/mol. The summed E-state index contributed by atoms with van der Waals surface area (Å²) in [6.07, 6.45) is 0.679. The molecule has 2 rings (SSSR count). The van der Waals surface area contributed by atoms with Crippen LogP contribution in [-0.4, -0.2) is 22.1 Å². The van der Waals surface area contributed by atoms with E-state index in [0.717, 1.165) is 16.8 Å². The second kappa shape index (κ2) is 6.85. The molecule has 2 aromatic rings. The van der Waals surface area contributed by atoms with E-state index in [4.69, 9.17) is 10.00 Å². The third-order valence-corrected chi connectivity index (χ3v) is 3.28. The number of nitrogens with zero attached hydrogens (tertiary/aromatic N) is 4. The second-order valence-electron chi connectivity index (χ2n) is 4.94. The van der Waals surface area contributed by atoms with Gasteiger partial charge in [-0.3, -0.25) is 0 Å². The van der Waals surface area contributed by atoms with Gasteiger partial charge in [0.05, 0.1) is 7.11 Å². The van der Waals surface area contributed by atoms with Crippen LogP contribution >= 0.6 is 0 Å². The average Bonchev–Trinajstić information content (AvgIpc) is 2.52. The van der Waals surface area contributed by atoms with Gasteiger partial charge in [0.25, 0.3) is 0 Å². The van der Waals surface area contributed by atoms with Crippen LogP contribution in [0.3, 0.4) is 0 Å². The number of hydrogen-bond donors (Lipinski definition) is 1. The fraction of sp³-hybridized carbons (Fsp3) is 0.375. The summed E-state index contributed by atoms with van der Waals surface area (Å²) in [5, 5.41) is 12.2. The predicted molar refractivity (Wildman–Crippen MR) is 83.7 cm³/mol. The van der Waals surface area contributed by atoms with E-state index in [1.54, 1.807) is 13.2 Å². The van der Waals surface area contributed by atoms with Crippen molar-refractivity contribution >= 4 is 5.82 Å². The highest BCUT2D eigenvalue weighted by Crippen LogP contribution is 2.21. The molecule has 6 heteroatoms. The van der Waals surface area contributed by atoms with Crippen LogP contribution < -0.4 is 10.1 Å². The summed E-state index contributed by atoms with van der Waals surface area (Å²) in [6, 6.07) is 5.71. The maximum absolute atomic E-state index is 9.03. The Balaban J connectivity index is 2.26. The van der Waals surface area contributed by atoms with Gasteiger partial charge < -0.3 is 10.1 Å². The van der Waals surface area contributed by atoms with E-state index in [0.29, 0.717) is 36.2 Å². The van der Waals surface area contributed by atoms with Crippen LogP contribution in [0, 0.1) is 25.2 Å². The molecule has 0 aromatic carbocycles. The standard InChI is InChI=1S/C16H19N5O/c1-5-14-20-12(8-17)7-15(21-14)18-9-13-10(2)6-11(3)19-16(13)22-4/h6-7H,5,9H2,1-4H3,(H,18,20,21). The molecule has 1 N–H and O–H groups in total. The van der Waals surface area contributed by atoms with Gasteiger partial charge in [-0.1, -0.05) is 6.92 Å². The number of aromatic nitrogens is 3. The minimum absolute atomic E-state index is 0.361. The second-order valence-corrected chi connectivity index (χ2v) is 4.94. The molecule has 0 bridgehead atoms. The molecule has 0 saturated heterocycles. The highest BCUT2D eigenvalue weighted by atomic mass is 16.5. The molecule has 0 atom stereocenters. The minimum Gasteiger partial charge on any atom is -0.481 e. The van der Waals surface area contributed by atoms with E-state index in [1.165, 1.54) is 0 Å². The highest BCUT2D eigenvalue weighted by Gasteiger charge is 2.10. The molecule has 22 heavy (non-hydrogen) atoms. The van der Waals surface area contributed by atoms with Gasteiger partial charge in [0.1, 0.15) is 23.4 Å². The minimum atomic E-state index is 0.361. The lowest BCUT2D eigenvalue weighted by Gasteiger charge is -2.13. The molecular formula is C16H19N5O. The van der Waals surface area contributed by atoms with Crippen molar-refractivity contribution in [2.24, 2.45) is 0 Å². The molecule has 2 heterocycles. The van der Waals surface area contributed by atoms with Crippen LogP contribution in [0.4, 0.5) is 5.82 Å². The first-order valence-electron chi connectivity index (χ1n) is 7.10. The van der Waals surface area contributed by atoms with Crippen LogP contribution in [0.1, 0.15) is 35.3 Å². The van der Waals surface area contributed by atoms with E-state index in [1.807, 2.05) is 26.8 Å². The molecule has 2 aromatic heterocycles. The molecule has 0 amide bonds. The lowest BCUT2D eigenvalue weighted by atomic mass is 10.1. The normalized spacial score (nSPS) is 10.1. The van der Waals surface area contributed by atoms with Gasteiger partial charge in [0.15, 0.2) is 0 Å². The Morgan fingerprint density at radius 3 is 2.64 bits per heavy atom. The van der Waals surface area contributed by atoms with Crippen molar-refractivity contribution < 1.29 is 4.74 Å². The van der Waals surface area contributed by atoms with E-state index in [2.05, 4.69) is 26.3 Å². The molecule has 0 aliphatic heterocycles. The Kier molecular flexibility index (Phi) is 4.89. The van der Waals surface area contributed by atoms with Gasteiger partial charge in [0.2, 0.25) is 5.88 Å². The molecule has 0 fully saturated rings. The van der Waals surface area contributed by atoms with Gasteiger partial charge in [-0.25, -0.2) is 15.0 Å². The van der Waals surface area contributed by atoms with E-state index < -0.39 is 0 Å². The number of rotatable bonds is 5. The molecule has 0 aliphatic rings. The molecule has 0 saturated carbocycles. The SMILES string of the molecule is CCc1nc(C#N)cc(NCc2c(C)cc(C)nc2OC)n1. The zero-order valence-electron chi connectivity index (χ0n) is 13.3. The van der Waals surface area contributed by atoms with Gasteiger partial charge >= 0.3 is 0 Å². The number of anilines is 1. The van der Waals surface area contributed by atoms with Gasteiger partial charge in [-0.15, -0.1) is 0 Å². The number of aryl methyl sites for hydroxylation is 3. The van der Waals surface area contributed by atoms with Crippen molar-refractivity contribution in [3.05, 3.63) is 40.5 Å². The highest BCUT2D eigenvalue weighted by molar-refractivity contribution is 5.43. The Bertz CT molecular complexity index is 721. The fourth-order valence-corrected chi connectivity index (χ4v) is 2.19. The summed E-state index contributed by atoms with van der Waals surface area (Å²) >= 11 is 0. The van der Waals surface area contributed by atoms with Crippen LogP contribution in [-0.2, 0) is 13.0 Å². The topological polar surface area (TPSA) is 83.7 Å². The van der Waals surface area contributed by atoms with Crippen molar-refractivity contribution in [1.29, 1.82) is 5.26 Å². The fourth-order valence-electron chi connectivity index (χ4n) is 2.19. The number of nitriles is 1. The molecule has 0 unspecified atom stereocenters. The van der Waals surface area contributed by atoms with Crippen molar-refractivity contribution in [3.63, 3.8) is 0 Å². The van der Waals surface area contributed by atoms with Crippen molar-refractivity contribution in [1.82, 2.24) is 15.0 Å². The maximum Gasteiger partial charge on any atom is 0.218 e. The van der Waals surface area contributed by atoms with E-state index in [9.17, 15) is 0 Å². The van der Waals surface area contributed by atoms with E-state index in [-0.39, 0.29) is 0 Å². The van der Waals surface area contributed by atoms with Gasteiger partial charge in [-0.05, 0) is 25.5 Å². The first-order valence-corrected chi connectivity index (χ1v) is 7.10. The zero-order chi connectivity index (χ0) is 16.1. The summed E-state index contributed by atoms with van der Waals surface area (Å²) in [7, 11) is 1.61. The monoisotopic (exact) mass is 297 g/mol. The molecule has 114 valence electrons. The largest absolute Gasteiger partial charge is 0.481 e. The number of ether oxygens (including phenoxy) is 1. The summed E-state index contributed by atoms with van der Waals surface area (Å²) in [6.45, 7) is 6.43. The number of hydrogen-bond acceptors (Lipinski definition) is 6. The first kappa shape index (κ1) is 15.7. The molecule has 0 aliphatic carbocycles. The van der Waals surface area contributed by atoms with Crippen LogP contribution in [0.2, 0.25) is 0 Å². The van der Waals surface area contributed by atoms with Crippen LogP contribution in [0.25, 0.3) is 0 Å². The lowest BCUT2D eigenvalue weighted by Crippen LogP contribution is -2.09. The zero-order valence-corrected chi connectivity index (χ0v) is 13.3. The van der Waals surface area contributed by atoms with Crippen molar-refractivity contribution in [2.45, 2.75) is 33.7 Å². The Morgan fingerprint density at radius 2 is 2.00 bits per heavy atom. The predicted octanol–water partition coefficient (Wildman–Crippen LogP) is 2.54. The summed E-state index contributed by atoms with van der Waals surface area (Å²) in [4.78, 5) is 12.9. The first-order chi connectivity index (χ1) is 10.6. The maximum atomic E-state index is 9.03. The van der Waals surface area contributed by atoms with Gasteiger partial charge in [-0.2, -0.15) is 5.26 Å². The summed E-state index contributed by atoms with van der Waals surface area (Å²) < 4.78 is 5.35. The molecule has 6 nitrogen and oxygen atoms in total. The molecule has 0 spiro atoms. The number of nitrogens with one attached hydrogen (secondary N) is 1. The Morgan fingerprint density at radius 1 is 1.23 bits per heavy atom. The van der Waals surface area contributed by atoms with E-state index >= 15 is 0 Å². The van der Waals surface area contributed by atoms with Crippen LogP contribution in [0.15, 0.2) is 12.1 Å². The third-order valence-electron chi connectivity index (χ3n) is 3.28. The third kappa shape index (κ3) is 3.50. The smallest absolute Gasteiger partial charge is 0.218 e. The number of methoxy groups -OCH3 is 1. The number of pyridine rings is 1. The summed E-state index contributed by atoms with van der Waals surface area (Å²) in [5.74, 6) is 1.88. The van der Waals surface area contributed by atoms with Crippen molar-refractivity contribution in [3.8, 4) is 11.9 Å². The van der Waals surface area contributed by atoms with Gasteiger partial charge in [0, 0.05) is 30.3 Å². The summed E-state index contributed by atoms with van der Waals surface area (Å²) in [5.41, 5.74) is 3.35. The Labute approximate surface area is 130 Å².